The van der Waals surface area contributed by atoms with Crippen molar-refractivity contribution in [1.29, 1.82) is 0 Å². The van der Waals surface area contributed by atoms with Crippen LogP contribution in [0.2, 0.25) is 0 Å². The van der Waals surface area contributed by atoms with Gasteiger partial charge in [0.15, 0.2) is 18.1 Å². The SMILES string of the molecule is COC(=O)CN1C(=O)S/C(=C\c2ccc(OCC(=O)Nc3cc(C)ccc3C)c(OC)c2)C1=O. The fourth-order valence-electron chi connectivity index (χ4n) is 3.07. The van der Waals surface area contributed by atoms with Crippen molar-refractivity contribution in [3.05, 3.63) is 58.0 Å². The average molecular weight is 485 g/mol. The lowest BCUT2D eigenvalue weighted by molar-refractivity contribution is -0.143. The number of anilines is 1. The third kappa shape index (κ3) is 5.96. The number of amides is 3. The molecule has 2 aromatic carbocycles. The highest BCUT2D eigenvalue weighted by Gasteiger charge is 2.36. The van der Waals surface area contributed by atoms with Crippen LogP contribution >= 0.6 is 11.8 Å². The Morgan fingerprint density at radius 2 is 1.82 bits per heavy atom. The first kappa shape index (κ1) is 24.8. The number of hydrogen-bond acceptors (Lipinski definition) is 8. The molecule has 10 heteroatoms. The molecule has 3 amide bonds. The Kier molecular flexibility index (Phi) is 7.95. The molecule has 178 valence electrons. The van der Waals surface area contributed by atoms with Crippen molar-refractivity contribution in [3.8, 4) is 11.5 Å². The number of rotatable bonds is 8. The van der Waals surface area contributed by atoms with Crippen LogP contribution in [0.5, 0.6) is 11.5 Å². The van der Waals surface area contributed by atoms with E-state index in [4.69, 9.17) is 9.47 Å². The van der Waals surface area contributed by atoms with Crippen molar-refractivity contribution in [1.82, 2.24) is 4.90 Å². The summed E-state index contributed by atoms with van der Waals surface area (Å²) in [6, 6.07) is 10.7. The van der Waals surface area contributed by atoms with Crippen molar-refractivity contribution in [3.63, 3.8) is 0 Å². The zero-order valence-corrected chi connectivity index (χ0v) is 20.0. The minimum atomic E-state index is -0.687. The predicted molar refractivity (Wildman–Crippen MR) is 128 cm³/mol. The van der Waals surface area contributed by atoms with E-state index >= 15 is 0 Å². The van der Waals surface area contributed by atoms with Gasteiger partial charge >= 0.3 is 5.97 Å². The summed E-state index contributed by atoms with van der Waals surface area (Å²) in [5, 5.41) is 2.27. The normalized spacial score (nSPS) is 14.4. The van der Waals surface area contributed by atoms with E-state index in [1.165, 1.54) is 20.3 Å². The quantitative estimate of drug-likeness (QED) is 0.447. The number of methoxy groups -OCH3 is 2. The molecule has 1 aliphatic rings. The molecular weight excluding hydrogens is 460 g/mol. The van der Waals surface area contributed by atoms with Crippen LogP contribution in [0.25, 0.3) is 6.08 Å². The summed E-state index contributed by atoms with van der Waals surface area (Å²) < 4.78 is 15.5. The van der Waals surface area contributed by atoms with Gasteiger partial charge in [-0.05, 0) is 66.6 Å². The Balaban J connectivity index is 1.68. The van der Waals surface area contributed by atoms with E-state index in [2.05, 4.69) is 10.1 Å². The molecule has 0 spiro atoms. The molecule has 9 nitrogen and oxygen atoms in total. The van der Waals surface area contributed by atoms with Crippen molar-refractivity contribution < 1.29 is 33.4 Å². The first-order chi connectivity index (χ1) is 16.2. The molecule has 1 fully saturated rings. The van der Waals surface area contributed by atoms with Crippen LogP contribution < -0.4 is 14.8 Å². The number of ether oxygens (including phenoxy) is 3. The zero-order valence-electron chi connectivity index (χ0n) is 19.2. The van der Waals surface area contributed by atoms with E-state index < -0.39 is 23.7 Å². The molecule has 0 atom stereocenters. The molecule has 3 rings (SSSR count). The molecular formula is C24H24N2O7S. The number of carbonyl (C=O) groups excluding carboxylic acids is 4. The number of esters is 1. The van der Waals surface area contributed by atoms with Crippen LogP contribution in [0.1, 0.15) is 16.7 Å². The van der Waals surface area contributed by atoms with Gasteiger partial charge in [0.2, 0.25) is 0 Å². The minimum absolute atomic E-state index is 0.164. The maximum atomic E-state index is 12.5. The number of hydrogen-bond donors (Lipinski definition) is 1. The summed E-state index contributed by atoms with van der Waals surface area (Å²) in [6.07, 6.45) is 1.52. The molecule has 0 unspecified atom stereocenters. The fraction of sp³-hybridized carbons (Fsp3) is 0.250. The number of nitrogens with zero attached hydrogens (tertiary/aromatic N) is 1. The van der Waals surface area contributed by atoms with Gasteiger partial charge in [-0.15, -0.1) is 0 Å². The lowest BCUT2D eigenvalue weighted by Gasteiger charge is -2.13. The Labute approximate surface area is 201 Å². The summed E-state index contributed by atoms with van der Waals surface area (Å²) in [5.74, 6) is -0.896. The highest BCUT2D eigenvalue weighted by Crippen LogP contribution is 2.34. The molecule has 1 heterocycles. The van der Waals surface area contributed by atoms with Gasteiger partial charge < -0.3 is 19.5 Å². The third-order valence-electron chi connectivity index (χ3n) is 4.90. The number of benzene rings is 2. The molecule has 0 radical (unpaired) electrons. The standard InChI is InChI=1S/C24H24N2O7S/c1-14-5-6-15(2)17(9-14)25-21(27)13-33-18-8-7-16(10-19(18)31-3)11-20-23(29)26(24(30)34-20)12-22(28)32-4/h5-11H,12-13H2,1-4H3,(H,25,27)/b20-11-. The summed E-state index contributed by atoms with van der Waals surface area (Å²) in [6.45, 7) is 3.17. The molecule has 2 aromatic rings. The summed E-state index contributed by atoms with van der Waals surface area (Å²) >= 11 is 0.730. The molecule has 1 aliphatic heterocycles. The second kappa shape index (κ2) is 10.9. The molecule has 0 bridgehead atoms. The van der Waals surface area contributed by atoms with Crippen LogP contribution in [0, 0.1) is 13.8 Å². The topological polar surface area (TPSA) is 111 Å². The van der Waals surface area contributed by atoms with Crippen molar-refractivity contribution in [2.45, 2.75) is 13.8 Å². The highest BCUT2D eigenvalue weighted by molar-refractivity contribution is 8.18. The monoisotopic (exact) mass is 484 g/mol. The highest BCUT2D eigenvalue weighted by atomic mass is 32.2. The van der Waals surface area contributed by atoms with E-state index in [1.807, 2.05) is 32.0 Å². The first-order valence-electron chi connectivity index (χ1n) is 10.2. The van der Waals surface area contributed by atoms with E-state index in [1.54, 1.807) is 18.2 Å². The first-order valence-corrected chi connectivity index (χ1v) is 11.0. The predicted octanol–water partition coefficient (Wildman–Crippen LogP) is 3.54. The van der Waals surface area contributed by atoms with Crippen molar-refractivity contribution in [2.75, 3.05) is 32.7 Å². The number of aryl methyl sites for hydroxylation is 2. The van der Waals surface area contributed by atoms with Gasteiger partial charge in [0.05, 0.1) is 19.1 Å². The Morgan fingerprint density at radius 1 is 1.06 bits per heavy atom. The minimum Gasteiger partial charge on any atom is -0.493 e. The second-order valence-corrected chi connectivity index (χ2v) is 8.40. The van der Waals surface area contributed by atoms with E-state index in [-0.39, 0.29) is 17.4 Å². The van der Waals surface area contributed by atoms with E-state index in [9.17, 15) is 19.2 Å². The van der Waals surface area contributed by atoms with Crippen molar-refractivity contribution >= 4 is 46.5 Å². The molecule has 34 heavy (non-hydrogen) atoms. The Hall–Kier alpha value is -3.79. The summed E-state index contributed by atoms with van der Waals surface area (Å²) in [4.78, 5) is 49.3. The zero-order chi connectivity index (χ0) is 24.8. The second-order valence-electron chi connectivity index (χ2n) is 7.41. The maximum absolute atomic E-state index is 12.5. The van der Waals surface area contributed by atoms with Crippen molar-refractivity contribution in [2.24, 2.45) is 0 Å². The number of imide groups is 1. The number of thioether (sulfide) groups is 1. The Bertz CT molecular complexity index is 1180. The van der Waals surface area contributed by atoms with Gasteiger partial charge in [0.25, 0.3) is 17.1 Å². The summed E-state index contributed by atoms with van der Waals surface area (Å²) in [5.41, 5.74) is 3.27. The van der Waals surface area contributed by atoms with Gasteiger partial charge in [0, 0.05) is 5.69 Å². The molecule has 1 saturated heterocycles. The van der Waals surface area contributed by atoms with Crippen LogP contribution in [-0.2, 0) is 19.1 Å². The third-order valence-corrected chi connectivity index (χ3v) is 5.81. The average Bonchev–Trinajstić information content (AvgIpc) is 3.07. The largest absolute Gasteiger partial charge is 0.493 e. The van der Waals surface area contributed by atoms with E-state index in [0.29, 0.717) is 17.1 Å². The smallest absolute Gasteiger partial charge is 0.325 e. The van der Waals surface area contributed by atoms with E-state index in [0.717, 1.165) is 33.5 Å². The van der Waals surface area contributed by atoms with Crippen LogP contribution in [-0.4, -0.2) is 55.3 Å². The molecule has 0 saturated carbocycles. The lowest BCUT2D eigenvalue weighted by Crippen LogP contribution is -2.34. The van der Waals surface area contributed by atoms with Crippen LogP contribution in [0.4, 0.5) is 10.5 Å². The van der Waals surface area contributed by atoms with Gasteiger partial charge in [-0.25, -0.2) is 0 Å². The van der Waals surface area contributed by atoms with Gasteiger partial charge in [-0.1, -0.05) is 18.2 Å². The van der Waals surface area contributed by atoms with Crippen LogP contribution in [0.3, 0.4) is 0 Å². The molecule has 0 aliphatic carbocycles. The summed E-state index contributed by atoms with van der Waals surface area (Å²) in [7, 11) is 2.63. The van der Waals surface area contributed by atoms with Gasteiger partial charge in [-0.2, -0.15) is 0 Å². The maximum Gasteiger partial charge on any atom is 0.325 e. The number of carbonyl (C=O) groups is 4. The lowest BCUT2D eigenvalue weighted by atomic mass is 10.1. The molecule has 0 aromatic heterocycles. The van der Waals surface area contributed by atoms with Gasteiger partial charge in [-0.3, -0.25) is 24.1 Å². The van der Waals surface area contributed by atoms with Crippen LogP contribution in [0.15, 0.2) is 41.3 Å². The fourth-order valence-corrected chi connectivity index (χ4v) is 3.91. The molecule has 1 N–H and O–H groups in total. The number of nitrogens with one attached hydrogen (secondary N) is 1. The van der Waals surface area contributed by atoms with Gasteiger partial charge in [0.1, 0.15) is 6.54 Å². The Morgan fingerprint density at radius 3 is 2.53 bits per heavy atom.